The minimum atomic E-state index is -2.96. The maximum Gasteiger partial charge on any atom is 0.317 e. The molecule has 11 heavy (non-hydrogen) atoms. The van der Waals surface area contributed by atoms with E-state index in [1.54, 1.807) is 0 Å². The van der Waals surface area contributed by atoms with Crippen molar-refractivity contribution in [1.29, 1.82) is 0 Å². The number of nitrogens with one attached hydrogen (secondary N) is 1. The van der Waals surface area contributed by atoms with Crippen LogP contribution in [0.15, 0.2) is 0 Å². The molecule has 1 fully saturated rings. The fourth-order valence-electron chi connectivity index (χ4n) is 0.624. The van der Waals surface area contributed by atoms with Crippen molar-refractivity contribution in [2.45, 2.75) is 18.9 Å². The molecule has 1 saturated carbocycles. The number of carbonyl (C=O) groups is 1. The summed E-state index contributed by atoms with van der Waals surface area (Å²) in [6.45, 7) is -0.315. The topological polar surface area (TPSA) is 75.6 Å². The van der Waals surface area contributed by atoms with Gasteiger partial charge in [0.2, 0.25) is 5.91 Å². The van der Waals surface area contributed by atoms with Crippen molar-refractivity contribution in [3.05, 3.63) is 0 Å². The number of carbonyl (C=O) groups excluding carboxylic acids is 1. The lowest BCUT2D eigenvalue weighted by molar-refractivity contribution is -0.123. The molecular formula is C5H10NO4P. The summed E-state index contributed by atoms with van der Waals surface area (Å²) in [7, 11) is -2.96. The zero-order chi connectivity index (χ0) is 8.27. The average molecular weight is 179 g/mol. The van der Waals surface area contributed by atoms with Crippen LogP contribution >= 0.6 is 8.25 Å². The lowest BCUT2D eigenvalue weighted by atomic mass is 10.6. The van der Waals surface area contributed by atoms with Crippen molar-refractivity contribution in [2.75, 3.05) is 6.61 Å². The lowest BCUT2D eigenvalue weighted by Gasteiger charge is -2.00. The third-order valence-corrected chi connectivity index (χ3v) is 1.66. The van der Waals surface area contributed by atoms with Crippen LogP contribution in [0.1, 0.15) is 12.8 Å². The minimum Gasteiger partial charge on any atom is -0.351 e. The Bertz CT molecular complexity index is 179. The first-order chi connectivity index (χ1) is 5.18. The highest BCUT2D eigenvalue weighted by Gasteiger charge is 2.23. The van der Waals surface area contributed by atoms with Crippen molar-refractivity contribution in [2.24, 2.45) is 0 Å². The van der Waals surface area contributed by atoms with Crippen LogP contribution in [0.5, 0.6) is 0 Å². The maximum atomic E-state index is 10.7. The van der Waals surface area contributed by atoms with Crippen LogP contribution < -0.4 is 5.32 Å². The molecule has 0 aromatic heterocycles. The van der Waals surface area contributed by atoms with E-state index in [1.165, 1.54) is 0 Å². The van der Waals surface area contributed by atoms with Crippen molar-refractivity contribution in [1.82, 2.24) is 5.32 Å². The molecule has 64 valence electrons. The summed E-state index contributed by atoms with van der Waals surface area (Å²) < 4.78 is 14.2. The SMILES string of the molecule is O=C(CO[PH](=O)O)NC1CC1. The van der Waals surface area contributed by atoms with Gasteiger partial charge in [0.15, 0.2) is 0 Å². The molecule has 1 aliphatic carbocycles. The first-order valence-corrected chi connectivity index (χ1v) is 4.60. The van der Waals surface area contributed by atoms with E-state index in [4.69, 9.17) is 4.89 Å². The second-order valence-electron chi connectivity index (χ2n) is 2.40. The van der Waals surface area contributed by atoms with Crippen LogP contribution in [-0.4, -0.2) is 23.4 Å². The number of hydrogen-bond donors (Lipinski definition) is 2. The molecule has 1 aliphatic rings. The molecule has 0 aliphatic heterocycles. The van der Waals surface area contributed by atoms with Crippen LogP contribution in [0.3, 0.4) is 0 Å². The molecule has 0 radical (unpaired) electrons. The smallest absolute Gasteiger partial charge is 0.317 e. The normalized spacial score (nSPS) is 19.4. The fraction of sp³-hybridized carbons (Fsp3) is 0.800. The molecule has 1 unspecified atom stereocenters. The lowest BCUT2D eigenvalue weighted by Crippen LogP contribution is -2.28. The third-order valence-electron chi connectivity index (χ3n) is 1.27. The van der Waals surface area contributed by atoms with Gasteiger partial charge in [-0.1, -0.05) is 0 Å². The maximum absolute atomic E-state index is 10.7. The van der Waals surface area contributed by atoms with Gasteiger partial charge in [-0.3, -0.25) is 9.36 Å². The van der Waals surface area contributed by atoms with Crippen molar-refractivity contribution < 1.29 is 18.8 Å². The third kappa shape index (κ3) is 4.14. The highest BCUT2D eigenvalue weighted by Crippen LogP contribution is 2.19. The Morgan fingerprint density at radius 3 is 2.82 bits per heavy atom. The van der Waals surface area contributed by atoms with Crippen LogP contribution in [-0.2, 0) is 13.9 Å². The number of rotatable bonds is 4. The van der Waals surface area contributed by atoms with Gasteiger partial charge < -0.3 is 14.7 Å². The summed E-state index contributed by atoms with van der Waals surface area (Å²) in [6, 6.07) is 0.270. The molecule has 1 rings (SSSR count). The van der Waals surface area contributed by atoms with Gasteiger partial charge in [-0.2, -0.15) is 0 Å². The van der Waals surface area contributed by atoms with E-state index in [-0.39, 0.29) is 18.6 Å². The molecule has 2 N–H and O–H groups in total. The van der Waals surface area contributed by atoms with Gasteiger partial charge in [0.1, 0.15) is 6.61 Å². The number of hydrogen-bond acceptors (Lipinski definition) is 3. The Labute approximate surface area is 64.7 Å². The Hall–Kier alpha value is -0.380. The quantitative estimate of drug-likeness (QED) is 0.579. The summed E-state index contributed by atoms with van der Waals surface area (Å²) in [6.07, 6.45) is 2.00. The monoisotopic (exact) mass is 179 g/mol. The van der Waals surface area contributed by atoms with E-state index in [0.717, 1.165) is 12.8 Å². The van der Waals surface area contributed by atoms with E-state index in [0.29, 0.717) is 0 Å². The van der Waals surface area contributed by atoms with Crippen molar-refractivity contribution in [3.8, 4) is 0 Å². The second kappa shape index (κ2) is 3.85. The average Bonchev–Trinajstić information content (AvgIpc) is 2.67. The molecule has 6 heteroatoms. The van der Waals surface area contributed by atoms with Crippen molar-refractivity contribution >= 4 is 14.2 Å². The van der Waals surface area contributed by atoms with E-state index in [1.807, 2.05) is 0 Å². The molecule has 0 heterocycles. The molecule has 1 amide bonds. The standard InChI is InChI=1S/C5H10NO4P/c7-5(3-10-11(8)9)6-4-1-2-4/h4,11H,1-3H2,(H,6,7)(H,8,9). The van der Waals surface area contributed by atoms with Gasteiger partial charge in [-0.25, -0.2) is 0 Å². The molecule has 0 bridgehead atoms. The molecule has 0 saturated heterocycles. The summed E-state index contributed by atoms with van der Waals surface area (Å²) in [4.78, 5) is 18.9. The van der Waals surface area contributed by atoms with Crippen LogP contribution in [0.4, 0.5) is 0 Å². The largest absolute Gasteiger partial charge is 0.351 e. The van der Waals surface area contributed by atoms with E-state index in [2.05, 4.69) is 9.84 Å². The van der Waals surface area contributed by atoms with Crippen LogP contribution in [0.2, 0.25) is 0 Å². The Balaban J connectivity index is 2.04. The summed E-state index contributed by atoms with van der Waals surface area (Å²) in [5, 5.41) is 2.61. The summed E-state index contributed by atoms with van der Waals surface area (Å²) in [5.74, 6) is -0.320. The van der Waals surface area contributed by atoms with Gasteiger partial charge in [0.05, 0.1) is 0 Å². The molecule has 1 atom stereocenters. The van der Waals surface area contributed by atoms with Crippen LogP contribution in [0.25, 0.3) is 0 Å². The summed E-state index contributed by atoms with van der Waals surface area (Å²) >= 11 is 0. The summed E-state index contributed by atoms with van der Waals surface area (Å²) in [5.41, 5.74) is 0. The first kappa shape index (κ1) is 8.71. The predicted molar refractivity (Wildman–Crippen MR) is 38.3 cm³/mol. The molecule has 0 aromatic carbocycles. The zero-order valence-corrected chi connectivity index (χ0v) is 6.87. The predicted octanol–water partition coefficient (Wildman–Crippen LogP) is -0.336. The van der Waals surface area contributed by atoms with Gasteiger partial charge in [0.25, 0.3) is 0 Å². The fourth-order valence-corrected chi connectivity index (χ4v) is 0.879. The molecular weight excluding hydrogens is 169 g/mol. The highest BCUT2D eigenvalue weighted by molar-refractivity contribution is 7.32. The molecule has 0 aromatic rings. The zero-order valence-electron chi connectivity index (χ0n) is 5.87. The van der Waals surface area contributed by atoms with E-state index < -0.39 is 8.25 Å². The molecule has 0 spiro atoms. The van der Waals surface area contributed by atoms with Gasteiger partial charge in [-0.15, -0.1) is 0 Å². The van der Waals surface area contributed by atoms with Gasteiger partial charge >= 0.3 is 8.25 Å². The Kier molecular flexibility index (Phi) is 3.05. The minimum absolute atomic E-state index is 0.270. The highest BCUT2D eigenvalue weighted by atomic mass is 31.1. The van der Waals surface area contributed by atoms with E-state index >= 15 is 0 Å². The van der Waals surface area contributed by atoms with Gasteiger partial charge in [0, 0.05) is 6.04 Å². The van der Waals surface area contributed by atoms with Gasteiger partial charge in [-0.05, 0) is 12.8 Å². The second-order valence-corrected chi connectivity index (χ2v) is 3.22. The molecule has 5 nitrogen and oxygen atoms in total. The first-order valence-electron chi connectivity index (χ1n) is 3.33. The Morgan fingerprint density at radius 1 is 1.73 bits per heavy atom. The number of amides is 1. The van der Waals surface area contributed by atoms with Crippen LogP contribution in [0, 0.1) is 0 Å². The van der Waals surface area contributed by atoms with Crippen molar-refractivity contribution in [3.63, 3.8) is 0 Å². The Morgan fingerprint density at radius 2 is 2.36 bits per heavy atom. The van der Waals surface area contributed by atoms with E-state index in [9.17, 15) is 9.36 Å².